The molecule has 0 bridgehead atoms. The summed E-state index contributed by atoms with van der Waals surface area (Å²) in [6.07, 6.45) is 8.21. The SMILES string of the molecule is Cc1cnc(-c2cnc(NCCNc3ccc(C#N)cn3)nc2C2CCC(Cl)CC2C)[nH]1. The summed E-state index contributed by atoms with van der Waals surface area (Å²) >= 11 is 6.42. The number of nitriles is 1. The molecule has 0 spiro atoms. The molecule has 0 amide bonds. The first-order valence-corrected chi connectivity index (χ1v) is 11.3. The standard InChI is InChI=1S/C23H27ClN8/c1-14-9-17(24)4-5-18(14)21-19(22-29-11-15(2)31-22)13-30-23(32-21)27-8-7-26-20-6-3-16(10-25)12-28-20/h3,6,11-14,17-18H,4-5,7-9H2,1-2H3,(H,26,28)(H,29,31)(H,27,30,32). The van der Waals surface area contributed by atoms with Crippen LogP contribution in [0, 0.1) is 24.2 Å². The lowest BCUT2D eigenvalue weighted by atomic mass is 9.77. The number of H-pyrrole nitrogens is 1. The molecule has 3 aromatic heterocycles. The highest BCUT2D eigenvalue weighted by molar-refractivity contribution is 6.20. The summed E-state index contributed by atoms with van der Waals surface area (Å²) in [4.78, 5) is 21.5. The third kappa shape index (κ3) is 5.17. The second-order valence-corrected chi connectivity index (χ2v) is 8.92. The normalized spacial score (nSPS) is 20.5. The lowest BCUT2D eigenvalue weighted by molar-refractivity contribution is 0.330. The van der Waals surface area contributed by atoms with Crippen LogP contribution in [0.15, 0.2) is 30.7 Å². The Morgan fingerprint density at radius 1 is 1.12 bits per heavy atom. The zero-order valence-corrected chi connectivity index (χ0v) is 19.0. The first-order chi connectivity index (χ1) is 15.5. The molecule has 0 saturated heterocycles. The van der Waals surface area contributed by atoms with Crippen molar-refractivity contribution in [3.63, 3.8) is 0 Å². The van der Waals surface area contributed by atoms with Crippen LogP contribution in [0.2, 0.25) is 0 Å². The third-order valence-electron chi connectivity index (χ3n) is 5.84. The van der Waals surface area contributed by atoms with Gasteiger partial charge in [0, 0.05) is 48.7 Å². The minimum Gasteiger partial charge on any atom is -0.368 e. The van der Waals surface area contributed by atoms with E-state index in [1.54, 1.807) is 18.3 Å². The number of nitrogens with zero attached hydrogens (tertiary/aromatic N) is 5. The average molecular weight is 451 g/mol. The van der Waals surface area contributed by atoms with Gasteiger partial charge < -0.3 is 15.6 Å². The van der Waals surface area contributed by atoms with Crippen LogP contribution in [0.1, 0.15) is 49.1 Å². The Balaban J connectivity index is 1.47. The highest BCUT2D eigenvalue weighted by Gasteiger charge is 2.31. The number of hydrogen-bond donors (Lipinski definition) is 3. The van der Waals surface area contributed by atoms with E-state index in [4.69, 9.17) is 21.8 Å². The minimum absolute atomic E-state index is 0.233. The monoisotopic (exact) mass is 450 g/mol. The van der Waals surface area contributed by atoms with Gasteiger partial charge in [-0.2, -0.15) is 5.26 Å². The molecule has 9 heteroatoms. The molecule has 3 heterocycles. The summed E-state index contributed by atoms with van der Waals surface area (Å²) in [5.41, 5.74) is 3.52. The second-order valence-electron chi connectivity index (χ2n) is 8.30. The molecule has 1 saturated carbocycles. The van der Waals surface area contributed by atoms with Crippen LogP contribution in [-0.4, -0.2) is 43.4 Å². The lowest BCUT2D eigenvalue weighted by Gasteiger charge is -2.32. The molecule has 0 aliphatic heterocycles. The lowest BCUT2D eigenvalue weighted by Crippen LogP contribution is -2.24. The number of aromatic amines is 1. The summed E-state index contributed by atoms with van der Waals surface area (Å²) < 4.78 is 0. The van der Waals surface area contributed by atoms with Crippen LogP contribution >= 0.6 is 11.6 Å². The Kier molecular flexibility index (Phi) is 6.86. The molecular formula is C23H27ClN8. The van der Waals surface area contributed by atoms with Crippen molar-refractivity contribution in [1.82, 2.24) is 24.9 Å². The van der Waals surface area contributed by atoms with Crippen molar-refractivity contribution in [1.29, 1.82) is 5.26 Å². The van der Waals surface area contributed by atoms with Gasteiger partial charge >= 0.3 is 0 Å². The van der Waals surface area contributed by atoms with Gasteiger partial charge in [0.2, 0.25) is 5.95 Å². The molecule has 166 valence electrons. The largest absolute Gasteiger partial charge is 0.368 e. The fraction of sp³-hybridized carbons (Fsp3) is 0.435. The van der Waals surface area contributed by atoms with E-state index < -0.39 is 0 Å². The van der Waals surface area contributed by atoms with Crippen LogP contribution in [0.25, 0.3) is 11.4 Å². The molecule has 1 aliphatic rings. The van der Waals surface area contributed by atoms with E-state index in [0.29, 0.717) is 36.4 Å². The molecule has 0 radical (unpaired) electrons. The summed E-state index contributed by atoms with van der Waals surface area (Å²) in [5, 5.41) is 15.6. The number of hydrogen-bond acceptors (Lipinski definition) is 7. The molecule has 4 rings (SSSR count). The Labute approximate surface area is 192 Å². The van der Waals surface area contributed by atoms with Gasteiger partial charge in [0.05, 0.1) is 16.8 Å². The number of aromatic nitrogens is 5. The molecule has 3 unspecified atom stereocenters. The molecule has 1 fully saturated rings. The zero-order valence-electron chi connectivity index (χ0n) is 18.3. The van der Waals surface area contributed by atoms with Crippen molar-refractivity contribution in [2.45, 2.75) is 44.4 Å². The number of aryl methyl sites for hydroxylation is 1. The maximum Gasteiger partial charge on any atom is 0.222 e. The second kappa shape index (κ2) is 9.96. The van der Waals surface area contributed by atoms with Crippen LogP contribution in [0.4, 0.5) is 11.8 Å². The molecule has 3 atom stereocenters. The van der Waals surface area contributed by atoms with E-state index in [2.05, 4.69) is 43.6 Å². The highest BCUT2D eigenvalue weighted by Crippen LogP contribution is 2.41. The average Bonchev–Trinajstić information content (AvgIpc) is 3.23. The van der Waals surface area contributed by atoms with Crippen LogP contribution in [-0.2, 0) is 0 Å². The Bertz CT molecular complexity index is 1090. The van der Waals surface area contributed by atoms with Gasteiger partial charge in [-0.1, -0.05) is 6.92 Å². The molecule has 1 aliphatic carbocycles. The van der Waals surface area contributed by atoms with Crippen molar-refractivity contribution in [2.75, 3.05) is 23.7 Å². The summed E-state index contributed by atoms with van der Waals surface area (Å²) in [6, 6.07) is 5.60. The third-order valence-corrected chi connectivity index (χ3v) is 6.24. The van der Waals surface area contributed by atoms with Crippen LogP contribution in [0.5, 0.6) is 0 Å². The smallest absolute Gasteiger partial charge is 0.222 e. The van der Waals surface area contributed by atoms with Gasteiger partial charge in [0.1, 0.15) is 17.7 Å². The topological polar surface area (TPSA) is 115 Å². The molecule has 8 nitrogen and oxygen atoms in total. The maximum absolute atomic E-state index is 8.86. The predicted octanol–water partition coefficient (Wildman–Crippen LogP) is 4.48. The fourth-order valence-electron chi connectivity index (χ4n) is 4.16. The van der Waals surface area contributed by atoms with Gasteiger partial charge in [0.25, 0.3) is 0 Å². The van der Waals surface area contributed by atoms with Gasteiger partial charge in [-0.15, -0.1) is 11.6 Å². The Morgan fingerprint density at radius 3 is 2.66 bits per heavy atom. The van der Waals surface area contributed by atoms with E-state index in [1.807, 2.05) is 19.3 Å². The van der Waals surface area contributed by atoms with Crippen molar-refractivity contribution < 1.29 is 0 Å². The number of anilines is 2. The summed E-state index contributed by atoms with van der Waals surface area (Å²) in [5.74, 6) is 2.88. The van der Waals surface area contributed by atoms with Crippen molar-refractivity contribution >= 4 is 23.4 Å². The van der Waals surface area contributed by atoms with Crippen molar-refractivity contribution in [2.24, 2.45) is 5.92 Å². The summed E-state index contributed by atoms with van der Waals surface area (Å²) in [7, 11) is 0. The predicted molar refractivity (Wildman–Crippen MR) is 126 cm³/mol. The van der Waals surface area contributed by atoms with Crippen LogP contribution in [0.3, 0.4) is 0 Å². The Morgan fingerprint density at radius 2 is 1.97 bits per heavy atom. The van der Waals surface area contributed by atoms with Crippen LogP contribution < -0.4 is 10.6 Å². The number of halogens is 1. The van der Waals surface area contributed by atoms with E-state index in [9.17, 15) is 0 Å². The molecule has 0 aromatic carbocycles. The van der Waals surface area contributed by atoms with E-state index in [0.717, 1.165) is 47.9 Å². The molecule has 3 aromatic rings. The zero-order chi connectivity index (χ0) is 22.5. The number of nitrogens with one attached hydrogen (secondary N) is 3. The van der Waals surface area contributed by atoms with E-state index in [1.165, 1.54) is 0 Å². The number of rotatable bonds is 7. The van der Waals surface area contributed by atoms with E-state index in [-0.39, 0.29) is 5.38 Å². The molecular weight excluding hydrogens is 424 g/mol. The number of alkyl halides is 1. The molecule has 3 N–H and O–H groups in total. The first-order valence-electron chi connectivity index (χ1n) is 10.9. The molecule has 32 heavy (non-hydrogen) atoms. The number of pyridine rings is 1. The van der Waals surface area contributed by atoms with Gasteiger partial charge in [0.15, 0.2) is 0 Å². The fourth-order valence-corrected chi connectivity index (χ4v) is 4.57. The van der Waals surface area contributed by atoms with Crippen molar-refractivity contribution in [3.05, 3.63) is 47.7 Å². The Hall–Kier alpha value is -3.18. The van der Waals surface area contributed by atoms with Gasteiger partial charge in [-0.25, -0.2) is 19.9 Å². The first kappa shape index (κ1) is 22.0. The quantitative estimate of drug-likeness (QED) is 0.359. The summed E-state index contributed by atoms with van der Waals surface area (Å²) in [6.45, 7) is 5.51. The van der Waals surface area contributed by atoms with Gasteiger partial charge in [-0.05, 0) is 44.2 Å². The van der Waals surface area contributed by atoms with E-state index >= 15 is 0 Å². The highest BCUT2D eigenvalue weighted by atomic mass is 35.5. The maximum atomic E-state index is 8.86. The van der Waals surface area contributed by atoms with Gasteiger partial charge in [-0.3, -0.25) is 0 Å². The van der Waals surface area contributed by atoms with Crippen molar-refractivity contribution in [3.8, 4) is 17.5 Å². The minimum atomic E-state index is 0.233. The number of imidazole rings is 1.